The molecule has 10 heteroatoms. The average molecular weight is 463 g/mol. The van der Waals surface area contributed by atoms with Gasteiger partial charge in [-0.15, -0.1) is 0 Å². The SMILES string of the molecule is Cn1cc(S(=O)(=O)N2CCOCC2)cc1C(=O)NCC1CN(Cc2ccccc2)CCO1. The van der Waals surface area contributed by atoms with Crippen molar-refractivity contribution in [2.24, 2.45) is 7.05 Å². The molecule has 2 saturated heterocycles. The third kappa shape index (κ3) is 5.38. The molecule has 1 N–H and O–H groups in total. The minimum atomic E-state index is -3.65. The second-order valence-electron chi connectivity index (χ2n) is 8.11. The molecule has 2 aliphatic heterocycles. The second-order valence-corrected chi connectivity index (χ2v) is 10.0. The zero-order chi connectivity index (χ0) is 22.6. The number of aryl methyl sites for hydroxylation is 1. The summed E-state index contributed by atoms with van der Waals surface area (Å²) in [5.41, 5.74) is 1.55. The van der Waals surface area contributed by atoms with Gasteiger partial charge in [-0.3, -0.25) is 9.69 Å². The molecular weight excluding hydrogens is 432 g/mol. The third-order valence-corrected chi connectivity index (χ3v) is 7.65. The molecule has 174 valence electrons. The lowest BCUT2D eigenvalue weighted by Crippen LogP contribution is -2.47. The predicted molar refractivity (Wildman–Crippen MR) is 119 cm³/mol. The fourth-order valence-electron chi connectivity index (χ4n) is 4.02. The zero-order valence-corrected chi connectivity index (χ0v) is 19.1. The monoisotopic (exact) mass is 462 g/mol. The molecule has 2 aromatic rings. The van der Waals surface area contributed by atoms with Gasteiger partial charge in [-0.25, -0.2) is 8.42 Å². The van der Waals surface area contributed by atoms with Crippen LogP contribution in [0.4, 0.5) is 0 Å². The van der Waals surface area contributed by atoms with Crippen molar-refractivity contribution in [2.75, 3.05) is 52.5 Å². The molecule has 1 aromatic heterocycles. The molecule has 4 rings (SSSR count). The molecule has 1 aromatic carbocycles. The zero-order valence-electron chi connectivity index (χ0n) is 18.3. The molecule has 0 saturated carbocycles. The van der Waals surface area contributed by atoms with Crippen LogP contribution in [-0.4, -0.2) is 86.7 Å². The number of aromatic nitrogens is 1. The van der Waals surface area contributed by atoms with Gasteiger partial charge in [-0.1, -0.05) is 30.3 Å². The maximum Gasteiger partial charge on any atom is 0.268 e. The van der Waals surface area contributed by atoms with Gasteiger partial charge >= 0.3 is 0 Å². The van der Waals surface area contributed by atoms with Crippen LogP contribution >= 0.6 is 0 Å². The van der Waals surface area contributed by atoms with Gasteiger partial charge in [-0.05, 0) is 11.6 Å². The van der Waals surface area contributed by atoms with Crippen LogP contribution < -0.4 is 5.32 Å². The van der Waals surface area contributed by atoms with Crippen molar-refractivity contribution in [1.29, 1.82) is 0 Å². The van der Waals surface area contributed by atoms with Crippen molar-refractivity contribution >= 4 is 15.9 Å². The number of amides is 1. The Hall–Kier alpha value is -2.24. The maximum absolute atomic E-state index is 12.9. The molecule has 0 bridgehead atoms. The van der Waals surface area contributed by atoms with Crippen LogP contribution in [0.15, 0.2) is 47.5 Å². The first-order valence-electron chi connectivity index (χ1n) is 10.8. The Labute approximate surface area is 188 Å². The Balaban J connectivity index is 1.34. The number of morpholine rings is 2. The summed E-state index contributed by atoms with van der Waals surface area (Å²) in [5.74, 6) is -0.320. The Morgan fingerprint density at radius 1 is 1.12 bits per heavy atom. The molecular formula is C22H30N4O5S. The number of nitrogens with zero attached hydrogens (tertiary/aromatic N) is 3. The number of hydrogen-bond acceptors (Lipinski definition) is 6. The van der Waals surface area contributed by atoms with Crippen LogP contribution in [0, 0.1) is 0 Å². The summed E-state index contributed by atoms with van der Waals surface area (Å²) in [6, 6.07) is 11.7. The summed E-state index contributed by atoms with van der Waals surface area (Å²) < 4.78 is 39.7. The van der Waals surface area contributed by atoms with E-state index in [0.717, 1.165) is 19.6 Å². The van der Waals surface area contributed by atoms with Gasteiger partial charge in [0.1, 0.15) is 10.6 Å². The highest BCUT2D eigenvalue weighted by molar-refractivity contribution is 7.89. The van der Waals surface area contributed by atoms with Crippen molar-refractivity contribution in [3.05, 3.63) is 53.9 Å². The number of nitrogens with one attached hydrogen (secondary N) is 1. The Morgan fingerprint density at radius 2 is 1.88 bits per heavy atom. The van der Waals surface area contributed by atoms with Gasteiger partial charge in [0, 0.05) is 52.5 Å². The average Bonchev–Trinajstić information content (AvgIpc) is 3.21. The van der Waals surface area contributed by atoms with Crippen molar-refractivity contribution in [3.8, 4) is 0 Å². The van der Waals surface area contributed by atoms with Gasteiger partial charge < -0.3 is 19.4 Å². The van der Waals surface area contributed by atoms with Crippen LogP contribution in [0.5, 0.6) is 0 Å². The molecule has 1 atom stereocenters. The van der Waals surface area contributed by atoms with Gasteiger partial charge in [-0.2, -0.15) is 4.31 Å². The molecule has 1 unspecified atom stereocenters. The van der Waals surface area contributed by atoms with Crippen molar-refractivity contribution in [1.82, 2.24) is 19.1 Å². The van der Waals surface area contributed by atoms with E-state index in [-0.39, 0.29) is 16.9 Å². The number of carbonyl (C=O) groups is 1. The first-order chi connectivity index (χ1) is 15.4. The first-order valence-corrected chi connectivity index (χ1v) is 12.3. The van der Waals surface area contributed by atoms with Gasteiger partial charge in [0.25, 0.3) is 5.91 Å². The number of rotatable bonds is 7. The third-order valence-electron chi connectivity index (χ3n) is 5.78. The predicted octanol–water partition coefficient (Wildman–Crippen LogP) is 0.677. The molecule has 0 spiro atoms. The molecule has 3 heterocycles. The molecule has 9 nitrogen and oxygen atoms in total. The number of ether oxygens (including phenoxy) is 2. The molecule has 32 heavy (non-hydrogen) atoms. The minimum absolute atomic E-state index is 0.117. The van der Waals surface area contributed by atoms with Gasteiger partial charge in [0.15, 0.2) is 0 Å². The standard InChI is InChI=1S/C22H30N4O5S/c1-24-17-20(32(28,29)26-8-10-30-11-9-26)13-21(24)22(27)23-14-19-16-25(7-12-31-19)15-18-5-3-2-4-6-18/h2-6,13,17,19H,7-12,14-16H2,1H3,(H,23,27). The highest BCUT2D eigenvalue weighted by Crippen LogP contribution is 2.20. The molecule has 2 fully saturated rings. The maximum atomic E-state index is 12.9. The van der Waals surface area contributed by atoms with E-state index in [1.54, 1.807) is 11.6 Å². The smallest absolute Gasteiger partial charge is 0.268 e. The summed E-state index contributed by atoms with van der Waals surface area (Å²) in [7, 11) is -1.98. The van der Waals surface area contributed by atoms with E-state index in [2.05, 4.69) is 22.3 Å². The number of carbonyl (C=O) groups excluding carboxylic acids is 1. The molecule has 1 amide bonds. The highest BCUT2D eigenvalue weighted by atomic mass is 32.2. The lowest BCUT2D eigenvalue weighted by Gasteiger charge is -2.33. The van der Waals surface area contributed by atoms with Crippen LogP contribution in [0.1, 0.15) is 16.1 Å². The van der Waals surface area contributed by atoms with Crippen LogP contribution in [0.2, 0.25) is 0 Å². The number of hydrogen-bond donors (Lipinski definition) is 1. The summed E-state index contributed by atoms with van der Waals surface area (Å²) in [6.07, 6.45) is 1.37. The van der Waals surface area contributed by atoms with E-state index in [9.17, 15) is 13.2 Å². The van der Waals surface area contributed by atoms with E-state index < -0.39 is 10.0 Å². The fourth-order valence-corrected chi connectivity index (χ4v) is 5.50. The fraction of sp³-hybridized carbons (Fsp3) is 0.500. The van der Waals surface area contributed by atoms with Crippen molar-refractivity contribution in [2.45, 2.75) is 17.5 Å². The molecule has 0 radical (unpaired) electrons. The van der Waals surface area contributed by atoms with E-state index in [1.807, 2.05) is 18.2 Å². The Kier molecular flexibility index (Phi) is 7.27. The highest BCUT2D eigenvalue weighted by Gasteiger charge is 2.29. The lowest BCUT2D eigenvalue weighted by atomic mass is 10.2. The number of sulfonamides is 1. The normalized spacial score (nSPS) is 20.8. The second kappa shape index (κ2) is 10.1. The molecule has 2 aliphatic rings. The van der Waals surface area contributed by atoms with E-state index in [4.69, 9.17) is 9.47 Å². The van der Waals surface area contributed by atoms with Crippen LogP contribution in [-0.2, 0) is 33.1 Å². The molecule has 0 aliphatic carbocycles. The summed E-state index contributed by atoms with van der Waals surface area (Å²) >= 11 is 0. The topological polar surface area (TPSA) is 93.1 Å². The van der Waals surface area contributed by atoms with E-state index >= 15 is 0 Å². The largest absolute Gasteiger partial charge is 0.379 e. The van der Waals surface area contributed by atoms with Crippen LogP contribution in [0.25, 0.3) is 0 Å². The van der Waals surface area contributed by atoms with Gasteiger partial charge in [0.2, 0.25) is 10.0 Å². The van der Waals surface area contributed by atoms with Crippen molar-refractivity contribution in [3.63, 3.8) is 0 Å². The minimum Gasteiger partial charge on any atom is -0.379 e. The van der Waals surface area contributed by atoms with E-state index in [0.29, 0.717) is 45.1 Å². The lowest BCUT2D eigenvalue weighted by molar-refractivity contribution is -0.0293. The summed E-state index contributed by atoms with van der Waals surface area (Å²) in [5, 5.41) is 2.90. The number of benzene rings is 1. The first kappa shape index (κ1) is 22.9. The Bertz CT molecular complexity index is 1020. The van der Waals surface area contributed by atoms with E-state index in [1.165, 1.54) is 22.1 Å². The summed E-state index contributed by atoms with van der Waals surface area (Å²) in [4.78, 5) is 15.2. The van der Waals surface area contributed by atoms with Crippen LogP contribution in [0.3, 0.4) is 0 Å². The van der Waals surface area contributed by atoms with Crippen molar-refractivity contribution < 1.29 is 22.7 Å². The quantitative estimate of drug-likeness (QED) is 0.651. The Morgan fingerprint density at radius 3 is 2.62 bits per heavy atom. The summed E-state index contributed by atoms with van der Waals surface area (Å²) in [6.45, 7) is 4.77. The van der Waals surface area contributed by atoms with Gasteiger partial charge in [0.05, 0.1) is 25.9 Å².